The average molecular weight is 252 g/mol. The quantitative estimate of drug-likeness (QED) is 0.845. The van der Waals surface area contributed by atoms with Crippen LogP contribution in [0.4, 0.5) is 0 Å². The molecule has 0 saturated carbocycles. The van der Waals surface area contributed by atoms with E-state index in [9.17, 15) is 0 Å². The summed E-state index contributed by atoms with van der Waals surface area (Å²) in [6.45, 7) is 5.15. The van der Waals surface area contributed by atoms with E-state index in [1.54, 1.807) is 0 Å². The monoisotopic (exact) mass is 252 g/mol. The molecule has 2 saturated heterocycles. The van der Waals surface area contributed by atoms with Crippen LogP contribution in [0.15, 0.2) is 4.52 Å². The molecule has 0 unspecified atom stereocenters. The predicted octanol–water partition coefficient (Wildman–Crippen LogP) is 0.531. The van der Waals surface area contributed by atoms with Gasteiger partial charge in [0.15, 0.2) is 5.82 Å². The Bertz CT molecular complexity index is 401. The van der Waals surface area contributed by atoms with Gasteiger partial charge in [-0.3, -0.25) is 4.90 Å². The Morgan fingerprint density at radius 1 is 1.28 bits per heavy atom. The molecule has 6 nitrogen and oxygen atoms in total. The Morgan fingerprint density at radius 3 is 2.83 bits per heavy atom. The van der Waals surface area contributed by atoms with Crippen molar-refractivity contribution in [1.29, 1.82) is 0 Å². The van der Waals surface area contributed by atoms with Crippen molar-refractivity contribution in [3.8, 4) is 0 Å². The zero-order valence-electron chi connectivity index (χ0n) is 10.6. The topological polar surface area (TPSA) is 77.4 Å². The predicted molar refractivity (Wildman–Crippen MR) is 64.6 cm³/mol. The molecule has 2 aliphatic heterocycles. The fraction of sp³-hybridized carbons (Fsp3) is 0.833. The molecular formula is C12H20N4O2. The largest absolute Gasteiger partial charge is 0.381 e. The summed E-state index contributed by atoms with van der Waals surface area (Å²) in [6, 6.07) is 0. The molecular weight excluding hydrogens is 232 g/mol. The maximum absolute atomic E-state index is 5.46. The maximum atomic E-state index is 5.46. The van der Waals surface area contributed by atoms with Crippen molar-refractivity contribution in [3.05, 3.63) is 11.7 Å². The number of nitrogens with zero attached hydrogens (tertiary/aromatic N) is 3. The van der Waals surface area contributed by atoms with Crippen molar-refractivity contribution in [1.82, 2.24) is 15.0 Å². The molecule has 0 amide bonds. The smallest absolute Gasteiger partial charge is 0.240 e. The van der Waals surface area contributed by atoms with Crippen molar-refractivity contribution in [2.75, 3.05) is 26.3 Å². The van der Waals surface area contributed by atoms with E-state index in [0.717, 1.165) is 38.7 Å². The lowest BCUT2D eigenvalue weighted by molar-refractivity contribution is 0.0189. The van der Waals surface area contributed by atoms with E-state index in [-0.39, 0.29) is 0 Å². The van der Waals surface area contributed by atoms with Gasteiger partial charge in [0.2, 0.25) is 5.89 Å². The SMILES string of the molecule is NCc1nc(CN2CCC3(CCOCC3)C2)no1. The van der Waals surface area contributed by atoms with Crippen LogP contribution in [0.5, 0.6) is 0 Å². The van der Waals surface area contributed by atoms with Gasteiger partial charge in [-0.15, -0.1) is 0 Å². The van der Waals surface area contributed by atoms with Gasteiger partial charge in [0.1, 0.15) is 0 Å². The summed E-state index contributed by atoms with van der Waals surface area (Å²) in [5, 5.41) is 3.95. The molecule has 6 heteroatoms. The third-order valence-electron chi connectivity index (χ3n) is 4.12. The van der Waals surface area contributed by atoms with Crippen molar-refractivity contribution in [2.45, 2.75) is 32.4 Å². The first-order valence-electron chi connectivity index (χ1n) is 6.61. The fourth-order valence-electron chi connectivity index (χ4n) is 3.01. The second-order valence-corrected chi connectivity index (χ2v) is 5.38. The Kier molecular flexibility index (Phi) is 3.32. The van der Waals surface area contributed by atoms with Crippen LogP contribution in [0.3, 0.4) is 0 Å². The van der Waals surface area contributed by atoms with Gasteiger partial charge in [-0.1, -0.05) is 5.16 Å². The summed E-state index contributed by atoms with van der Waals surface area (Å²) in [7, 11) is 0. The lowest BCUT2D eigenvalue weighted by Gasteiger charge is -2.33. The molecule has 0 aliphatic carbocycles. The van der Waals surface area contributed by atoms with Crippen LogP contribution in [0.1, 0.15) is 31.0 Å². The highest BCUT2D eigenvalue weighted by Gasteiger charge is 2.39. The van der Waals surface area contributed by atoms with Gasteiger partial charge in [-0.2, -0.15) is 4.98 Å². The molecule has 18 heavy (non-hydrogen) atoms. The summed E-state index contributed by atoms with van der Waals surface area (Å²) in [5.74, 6) is 1.27. The molecule has 0 radical (unpaired) electrons. The summed E-state index contributed by atoms with van der Waals surface area (Å²) in [4.78, 5) is 6.67. The Balaban J connectivity index is 1.58. The first-order valence-corrected chi connectivity index (χ1v) is 6.61. The normalized spacial score (nSPS) is 23.8. The second kappa shape index (κ2) is 4.95. The van der Waals surface area contributed by atoms with Crippen LogP contribution in [-0.4, -0.2) is 41.3 Å². The Morgan fingerprint density at radius 2 is 2.11 bits per heavy atom. The van der Waals surface area contributed by atoms with Gasteiger partial charge >= 0.3 is 0 Å². The van der Waals surface area contributed by atoms with Crippen molar-refractivity contribution >= 4 is 0 Å². The van der Waals surface area contributed by atoms with Gasteiger partial charge in [-0.05, 0) is 31.2 Å². The molecule has 1 spiro atoms. The first-order chi connectivity index (χ1) is 8.80. The number of aromatic nitrogens is 2. The standard InChI is InChI=1S/C12H20N4O2/c13-7-11-14-10(15-18-11)8-16-4-1-12(9-16)2-5-17-6-3-12/h1-9,13H2. The van der Waals surface area contributed by atoms with Crippen LogP contribution >= 0.6 is 0 Å². The third kappa shape index (κ3) is 2.41. The van der Waals surface area contributed by atoms with E-state index >= 15 is 0 Å². The third-order valence-corrected chi connectivity index (χ3v) is 4.12. The summed E-state index contributed by atoms with van der Waals surface area (Å²) < 4.78 is 10.5. The maximum Gasteiger partial charge on any atom is 0.240 e. The van der Waals surface area contributed by atoms with E-state index in [4.69, 9.17) is 15.0 Å². The van der Waals surface area contributed by atoms with E-state index < -0.39 is 0 Å². The number of rotatable bonds is 3. The van der Waals surface area contributed by atoms with Crippen LogP contribution < -0.4 is 5.73 Å². The Hall–Kier alpha value is -0.980. The summed E-state index contributed by atoms with van der Waals surface area (Å²) in [5.41, 5.74) is 5.93. The zero-order valence-corrected chi connectivity index (χ0v) is 10.6. The zero-order chi connectivity index (χ0) is 12.4. The molecule has 100 valence electrons. The van der Waals surface area contributed by atoms with Crippen LogP contribution in [0.2, 0.25) is 0 Å². The minimum Gasteiger partial charge on any atom is -0.381 e. The number of ether oxygens (including phenoxy) is 1. The van der Waals surface area contributed by atoms with Gasteiger partial charge < -0.3 is 15.0 Å². The molecule has 0 atom stereocenters. The van der Waals surface area contributed by atoms with Crippen LogP contribution in [0.25, 0.3) is 0 Å². The van der Waals surface area contributed by atoms with E-state index in [1.165, 1.54) is 19.3 Å². The van der Waals surface area contributed by atoms with Gasteiger partial charge in [0.25, 0.3) is 0 Å². The molecule has 1 aromatic rings. The lowest BCUT2D eigenvalue weighted by Crippen LogP contribution is -2.33. The summed E-state index contributed by atoms with van der Waals surface area (Å²) in [6.07, 6.45) is 3.63. The molecule has 0 bridgehead atoms. The van der Waals surface area contributed by atoms with Crippen LogP contribution in [0, 0.1) is 5.41 Å². The Labute approximate surface area is 106 Å². The van der Waals surface area contributed by atoms with Gasteiger partial charge in [-0.25, -0.2) is 0 Å². The van der Waals surface area contributed by atoms with Crippen molar-refractivity contribution in [2.24, 2.45) is 11.1 Å². The highest BCUT2D eigenvalue weighted by molar-refractivity contribution is 4.94. The number of hydrogen-bond acceptors (Lipinski definition) is 6. The highest BCUT2D eigenvalue weighted by Crippen LogP contribution is 2.39. The van der Waals surface area contributed by atoms with E-state index in [0.29, 0.717) is 17.9 Å². The molecule has 3 heterocycles. The fourth-order valence-corrected chi connectivity index (χ4v) is 3.01. The number of hydrogen-bond donors (Lipinski definition) is 1. The van der Waals surface area contributed by atoms with Crippen molar-refractivity contribution < 1.29 is 9.26 Å². The van der Waals surface area contributed by atoms with E-state index in [2.05, 4.69) is 15.0 Å². The number of nitrogens with two attached hydrogens (primary N) is 1. The highest BCUT2D eigenvalue weighted by atomic mass is 16.5. The molecule has 1 aromatic heterocycles. The summed E-state index contributed by atoms with van der Waals surface area (Å²) >= 11 is 0. The minimum atomic E-state index is 0.314. The van der Waals surface area contributed by atoms with Gasteiger partial charge in [0.05, 0.1) is 13.1 Å². The molecule has 2 N–H and O–H groups in total. The first kappa shape index (κ1) is 12.1. The minimum absolute atomic E-state index is 0.314. The van der Waals surface area contributed by atoms with Crippen LogP contribution in [-0.2, 0) is 17.8 Å². The molecule has 3 rings (SSSR count). The second-order valence-electron chi connectivity index (χ2n) is 5.38. The average Bonchev–Trinajstić information content (AvgIpc) is 2.99. The van der Waals surface area contributed by atoms with Crippen molar-refractivity contribution in [3.63, 3.8) is 0 Å². The molecule has 2 fully saturated rings. The molecule has 0 aromatic carbocycles. The molecule has 2 aliphatic rings. The van der Waals surface area contributed by atoms with Gasteiger partial charge in [0, 0.05) is 19.8 Å². The number of likely N-dealkylation sites (tertiary alicyclic amines) is 1. The lowest BCUT2D eigenvalue weighted by atomic mass is 9.80. The van der Waals surface area contributed by atoms with E-state index in [1.807, 2.05) is 0 Å².